The van der Waals surface area contributed by atoms with E-state index in [9.17, 15) is 8.42 Å². The molecule has 0 aliphatic rings. The molecule has 0 bridgehead atoms. The van der Waals surface area contributed by atoms with E-state index in [1.54, 1.807) is 13.0 Å². The van der Waals surface area contributed by atoms with E-state index in [1.807, 2.05) is 20.8 Å². The lowest BCUT2D eigenvalue weighted by Gasteiger charge is -2.14. The van der Waals surface area contributed by atoms with Gasteiger partial charge in [-0.2, -0.15) is 0 Å². The fourth-order valence-electron chi connectivity index (χ4n) is 2.78. The maximum Gasteiger partial charge on any atom is 0.232 e. The number of aromatic nitrogens is 3. The second-order valence-corrected chi connectivity index (χ2v) is 11.5. The molecule has 3 rings (SSSR count). The van der Waals surface area contributed by atoms with Crippen LogP contribution in [0.25, 0.3) is 21.8 Å². The maximum absolute atomic E-state index is 15.5. The lowest BCUT2D eigenvalue weighted by atomic mass is 9.98. The number of anilines is 1. The van der Waals surface area contributed by atoms with E-state index in [1.165, 1.54) is 29.7 Å². The summed E-state index contributed by atoms with van der Waals surface area (Å²) >= 11 is 13.5. The molecule has 1 N–H and O–H groups in total. The Bertz CT molecular complexity index is 1220. The third kappa shape index (κ3) is 5.52. The van der Waals surface area contributed by atoms with Crippen molar-refractivity contribution < 1.29 is 12.8 Å². The molecule has 0 aliphatic heterocycles. The van der Waals surface area contributed by atoms with Gasteiger partial charge in [0.05, 0.1) is 32.7 Å². The molecule has 6 nitrogen and oxygen atoms in total. The van der Waals surface area contributed by atoms with Gasteiger partial charge in [-0.25, -0.2) is 27.8 Å². The molecule has 0 radical (unpaired) electrons. The Morgan fingerprint density at radius 2 is 1.90 bits per heavy atom. The molecular formula is C20H21Cl2FN4O2S2. The van der Waals surface area contributed by atoms with Crippen LogP contribution in [0.5, 0.6) is 0 Å². The Morgan fingerprint density at radius 3 is 2.52 bits per heavy atom. The summed E-state index contributed by atoms with van der Waals surface area (Å²) in [4.78, 5) is 13.4. The number of nitrogens with zero attached hydrogens (tertiary/aromatic N) is 3. The van der Waals surface area contributed by atoms with Gasteiger partial charge in [0.25, 0.3) is 0 Å². The van der Waals surface area contributed by atoms with Gasteiger partial charge in [0, 0.05) is 22.2 Å². The van der Waals surface area contributed by atoms with E-state index >= 15 is 4.39 Å². The second kappa shape index (κ2) is 8.97. The van der Waals surface area contributed by atoms with Crippen molar-refractivity contribution in [3.8, 4) is 21.8 Å². The molecule has 2 aromatic heterocycles. The Labute approximate surface area is 194 Å². The van der Waals surface area contributed by atoms with Crippen LogP contribution in [0.2, 0.25) is 10.3 Å². The molecule has 0 amide bonds. The van der Waals surface area contributed by atoms with Gasteiger partial charge in [0.15, 0.2) is 5.82 Å². The van der Waals surface area contributed by atoms with E-state index < -0.39 is 15.8 Å². The number of halogens is 3. The quantitative estimate of drug-likeness (QED) is 0.407. The van der Waals surface area contributed by atoms with Crippen molar-refractivity contribution >= 4 is 50.2 Å². The zero-order valence-electron chi connectivity index (χ0n) is 17.3. The van der Waals surface area contributed by atoms with E-state index in [0.717, 1.165) is 5.01 Å². The smallest absolute Gasteiger partial charge is 0.232 e. The van der Waals surface area contributed by atoms with Gasteiger partial charge in [0.1, 0.15) is 0 Å². The number of benzene rings is 1. The fraction of sp³-hybridized carbons (Fsp3) is 0.350. The van der Waals surface area contributed by atoms with Crippen LogP contribution in [0.1, 0.15) is 39.1 Å². The van der Waals surface area contributed by atoms with Crippen LogP contribution in [0, 0.1) is 5.82 Å². The molecule has 0 fully saturated rings. The molecule has 0 spiro atoms. The van der Waals surface area contributed by atoms with E-state index in [-0.39, 0.29) is 32.7 Å². The predicted octanol–water partition coefficient (Wildman–Crippen LogP) is 6.16. The normalized spacial score (nSPS) is 12.2. The monoisotopic (exact) mass is 502 g/mol. The van der Waals surface area contributed by atoms with E-state index in [0.29, 0.717) is 22.7 Å². The number of thiazole rings is 1. The van der Waals surface area contributed by atoms with Gasteiger partial charge in [-0.15, -0.1) is 11.3 Å². The lowest BCUT2D eigenvalue weighted by Crippen LogP contribution is -2.17. The van der Waals surface area contributed by atoms with Gasteiger partial charge >= 0.3 is 0 Å². The highest BCUT2D eigenvalue weighted by molar-refractivity contribution is 7.92. The summed E-state index contributed by atoms with van der Waals surface area (Å²) in [6, 6.07) is 4.32. The summed E-state index contributed by atoms with van der Waals surface area (Å²) < 4.78 is 42.2. The first-order chi connectivity index (χ1) is 14.4. The molecule has 166 valence electrons. The standard InChI is InChI=1S/C20H21Cl2FN4O2S2/c1-5-8-31(28,29)27-14-10-11(21)9-12(15(14)23)16-17(13-6-7-24-19(22)25-13)30-18(26-16)20(2,3)4/h6-7,9-10,27H,5,8H2,1-4H3. The average Bonchev–Trinajstić information content (AvgIpc) is 3.09. The molecule has 0 saturated carbocycles. The van der Waals surface area contributed by atoms with Crippen LogP contribution in [-0.4, -0.2) is 29.1 Å². The molecule has 0 aliphatic carbocycles. The van der Waals surface area contributed by atoms with Crippen molar-refractivity contribution in [3.63, 3.8) is 0 Å². The first-order valence-electron chi connectivity index (χ1n) is 9.41. The predicted molar refractivity (Wildman–Crippen MR) is 125 cm³/mol. The SMILES string of the molecule is CCCS(=O)(=O)Nc1cc(Cl)cc(-c2nc(C(C)(C)C)sc2-c2ccnc(Cl)n2)c1F. The number of hydrogen-bond donors (Lipinski definition) is 1. The van der Waals surface area contributed by atoms with Gasteiger partial charge < -0.3 is 0 Å². The molecule has 31 heavy (non-hydrogen) atoms. The van der Waals surface area contributed by atoms with Crippen molar-refractivity contribution in [2.24, 2.45) is 0 Å². The molecule has 2 heterocycles. The summed E-state index contributed by atoms with van der Waals surface area (Å²) in [5.41, 5.74) is 0.317. The van der Waals surface area contributed by atoms with Crippen LogP contribution >= 0.6 is 34.5 Å². The summed E-state index contributed by atoms with van der Waals surface area (Å²) in [6.45, 7) is 7.70. The molecule has 3 aromatic rings. The Hall–Kier alpha value is -1.81. The van der Waals surface area contributed by atoms with Crippen LogP contribution in [-0.2, 0) is 15.4 Å². The van der Waals surface area contributed by atoms with E-state index in [4.69, 9.17) is 23.2 Å². The second-order valence-electron chi connectivity index (χ2n) is 7.89. The van der Waals surface area contributed by atoms with Gasteiger partial charge in [-0.3, -0.25) is 4.72 Å². The van der Waals surface area contributed by atoms with Crippen LogP contribution in [0.15, 0.2) is 24.4 Å². The fourth-order valence-corrected chi connectivity index (χ4v) is 5.38. The lowest BCUT2D eigenvalue weighted by molar-refractivity contribution is 0.585. The van der Waals surface area contributed by atoms with Crippen LogP contribution in [0.3, 0.4) is 0 Å². The largest absolute Gasteiger partial charge is 0.280 e. The Balaban J connectivity index is 2.24. The molecule has 1 aromatic carbocycles. The van der Waals surface area contributed by atoms with Crippen molar-refractivity contribution in [3.05, 3.63) is 45.5 Å². The number of sulfonamides is 1. The number of hydrogen-bond acceptors (Lipinski definition) is 6. The van der Waals surface area contributed by atoms with Gasteiger partial charge in [-0.1, -0.05) is 39.3 Å². The summed E-state index contributed by atoms with van der Waals surface area (Å²) in [5.74, 6) is -0.902. The Morgan fingerprint density at radius 1 is 1.19 bits per heavy atom. The van der Waals surface area contributed by atoms with Crippen LogP contribution in [0.4, 0.5) is 10.1 Å². The highest BCUT2D eigenvalue weighted by Gasteiger charge is 2.27. The first-order valence-corrected chi connectivity index (χ1v) is 12.6. The minimum atomic E-state index is -3.71. The highest BCUT2D eigenvalue weighted by Crippen LogP contribution is 2.42. The van der Waals surface area contributed by atoms with E-state index in [2.05, 4.69) is 19.7 Å². The molecule has 0 atom stereocenters. The Kier molecular flexibility index (Phi) is 6.90. The van der Waals surface area contributed by atoms with Crippen molar-refractivity contribution in [2.75, 3.05) is 10.5 Å². The topological polar surface area (TPSA) is 84.8 Å². The third-order valence-corrected chi connectivity index (χ3v) is 7.54. The summed E-state index contributed by atoms with van der Waals surface area (Å²) in [7, 11) is -3.71. The molecular weight excluding hydrogens is 482 g/mol. The molecule has 0 saturated heterocycles. The van der Waals surface area contributed by atoms with Crippen molar-refractivity contribution in [2.45, 2.75) is 39.5 Å². The molecule has 0 unspecified atom stereocenters. The summed E-state index contributed by atoms with van der Waals surface area (Å²) in [6.07, 6.45) is 1.90. The molecule has 11 heteroatoms. The van der Waals surface area contributed by atoms with Gasteiger partial charge in [0.2, 0.25) is 15.3 Å². The van der Waals surface area contributed by atoms with Gasteiger partial charge in [-0.05, 0) is 36.2 Å². The zero-order chi connectivity index (χ0) is 23.0. The number of rotatable bonds is 6. The zero-order valence-corrected chi connectivity index (χ0v) is 20.5. The first kappa shape index (κ1) is 23.8. The highest BCUT2D eigenvalue weighted by atomic mass is 35.5. The minimum Gasteiger partial charge on any atom is -0.280 e. The average molecular weight is 503 g/mol. The number of nitrogens with one attached hydrogen (secondary N) is 1. The van der Waals surface area contributed by atoms with Crippen LogP contribution < -0.4 is 4.72 Å². The van der Waals surface area contributed by atoms with Crippen molar-refractivity contribution in [1.82, 2.24) is 15.0 Å². The minimum absolute atomic E-state index is 0.0498. The third-order valence-electron chi connectivity index (χ3n) is 4.16. The van der Waals surface area contributed by atoms with Crippen molar-refractivity contribution in [1.29, 1.82) is 0 Å². The maximum atomic E-state index is 15.5. The summed E-state index contributed by atoms with van der Waals surface area (Å²) in [5, 5.41) is 0.969.